The van der Waals surface area contributed by atoms with E-state index in [4.69, 9.17) is 10.5 Å². The summed E-state index contributed by atoms with van der Waals surface area (Å²) in [5, 5.41) is 3.30. The predicted molar refractivity (Wildman–Crippen MR) is 123 cm³/mol. The van der Waals surface area contributed by atoms with Gasteiger partial charge >= 0.3 is 0 Å². The maximum atomic E-state index is 6.03. The van der Waals surface area contributed by atoms with Gasteiger partial charge in [0.25, 0.3) is 0 Å². The van der Waals surface area contributed by atoms with Crippen molar-refractivity contribution < 1.29 is 4.74 Å². The van der Waals surface area contributed by atoms with Crippen LogP contribution in [-0.4, -0.2) is 55.9 Å². The summed E-state index contributed by atoms with van der Waals surface area (Å²) in [6.07, 6.45) is 2.54. The van der Waals surface area contributed by atoms with Gasteiger partial charge in [-0.05, 0) is 44.0 Å². The van der Waals surface area contributed by atoms with Crippen molar-refractivity contribution in [3.8, 4) is 5.75 Å². The number of nitrogens with zero attached hydrogens (tertiary/aromatic N) is 2. The van der Waals surface area contributed by atoms with Crippen molar-refractivity contribution in [3.05, 3.63) is 24.3 Å². The zero-order valence-corrected chi connectivity index (χ0v) is 19.3. The zero-order valence-electron chi connectivity index (χ0n) is 16.1. The van der Waals surface area contributed by atoms with Gasteiger partial charge in [-0.3, -0.25) is 9.89 Å². The summed E-state index contributed by atoms with van der Waals surface area (Å²) in [7, 11) is 1.71. The topological polar surface area (TPSA) is 62.9 Å². The van der Waals surface area contributed by atoms with Gasteiger partial charge in [-0.15, -0.1) is 35.7 Å². The Kier molecular flexibility index (Phi) is 11.4. The first-order valence-corrected chi connectivity index (χ1v) is 10.2. The number of aliphatic imine (C=N–C) groups is 1. The van der Waals surface area contributed by atoms with Crippen molar-refractivity contribution in [2.45, 2.75) is 37.6 Å². The molecule has 1 heterocycles. The Labute approximate surface area is 179 Å². The Balaban J connectivity index is 0.00000338. The zero-order chi connectivity index (χ0) is 18.1. The third-order valence-electron chi connectivity index (χ3n) is 4.59. The van der Waals surface area contributed by atoms with Crippen LogP contribution in [0.1, 0.15) is 26.7 Å². The largest absolute Gasteiger partial charge is 0.496 e. The van der Waals surface area contributed by atoms with Crippen molar-refractivity contribution in [2.75, 3.05) is 39.0 Å². The molecule has 5 nitrogen and oxygen atoms in total. The summed E-state index contributed by atoms with van der Waals surface area (Å²) in [4.78, 5) is 8.19. The average molecular weight is 492 g/mol. The van der Waals surface area contributed by atoms with Crippen LogP contribution in [-0.2, 0) is 0 Å². The first-order chi connectivity index (χ1) is 12.1. The van der Waals surface area contributed by atoms with E-state index in [0.29, 0.717) is 17.9 Å². The van der Waals surface area contributed by atoms with Gasteiger partial charge in [0.05, 0.1) is 7.11 Å². The van der Waals surface area contributed by atoms with Crippen LogP contribution in [0, 0.1) is 5.92 Å². The van der Waals surface area contributed by atoms with E-state index in [-0.39, 0.29) is 24.0 Å². The lowest BCUT2D eigenvalue weighted by Gasteiger charge is -2.23. The molecule has 0 radical (unpaired) electrons. The molecule has 2 unspecified atom stereocenters. The number of hydrogen-bond acceptors (Lipinski definition) is 4. The summed E-state index contributed by atoms with van der Waals surface area (Å²) in [5.41, 5.74) is 6.03. The second-order valence-corrected chi connectivity index (χ2v) is 7.66. The standard InChI is InChI=1S/C19H32N4OS.HI/c1-4-23-11-7-8-16(23)13-22-19(20)21-12-15(2)14-25-18-10-6-5-9-17(18)24-3;/h5-6,9-10,15-16H,4,7-8,11-14H2,1-3H3,(H3,20,21,22);1H. The van der Waals surface area contributed by atoms with E-state index < -0.39 is 0 Å². The number of halogens is 1. The molecular formula is C19H33IN4OS. The molecule has 1 fully saturated rings. The molecule has 0 saturated carbocycles. The smallest absolute Gasteiger partial charge is 0.188 e. The number of guanidine groups is 1. The summed E-state index contributed by atoms with van der Waals surface area (Å²) >= 11 is 1.81. The van der Waals surface area contributed by atoms with Crippen LogP contribution < -0.4 is 15.8 Å². The van der Waals surface area contributed by atoms with Gasteiger partial charge in [-0.2, -0.15) is 0 Å². The number of benzene rings is 1. The van der Waals surface area contributed by atoms with E-state index in [9.17, 15) is 0 Å². The molecule has 3 N–H and O–H groups in total. The second kappa shape index (κ2) is 12.7. The number of likely N-dealkylation sites (N-methyl/N-ethyl adjacent to an activating group) is 1. The second-order valence-electron chi connectivity index (χ2n) is 6.60. The number of nitrogens with two attached hydrogens (primary N) is 1. The molecule has 0 amide bonds. The van der Waals surface area contributed by atoms with Crippen LogP contribution in [0.4, 0.5) is 0 Å². The van der Waals surface area contributed by atoms with Gasteiger partial charge in [-0.25, -0.2) is 0 Å². The molecule has 1 saturated heterocycles. The highest BCUT2D eigenvalue weighted by Gasteiger charge is 2.22. The van der Waals surface area contributed by atoms with Crippen molar-refractivity contribution in [1.29, 1.82) is 0 Å². The minimum Gasteiger partial charge on any atom is -0.496 e. The van der Waals surface area contributed by atoms with Gasteiger partial charge in [0.15, 0.2) is 5.96 Å². The highest BCUT2D eigenvalue weighted by Crippen LogP contribution is 2.30. The number of methoxy groups -OCH3 is 1. The molecule has 0 aliphatic carbocycles. The number of para-hydroxylation sites is 1. The van der Waals surface area contributed by atoms with Gasteiger partial charge in [-0.1, -0.05) is 26.0 Å². The summed E-state index contributed by atoms with van der Waals surface area (Å²) in [5.74, 6) is 2.94. The fourth-order valence-corrected chi connectivity index (χ4v) is 4.14. The highest BCUT2D eigenvalue weighted by molar-refractivity contribution is 14.0. The van der Waals surface area contributed by atoms with Gasteiger partial charge in [0.1, 0.15) is 5.75 Å². The Hall–Kier alpha value is -0.670. The van der Waals surface area contributed by atoms with Crippen LogP contribution >= 0.6 is 35.7 Å². The number of likely N-dealkylation sites (tertiary alicyclic amines) is 1. The first kappa shape index (κ1) is 23.4. The lowest BCUT2D eigenvalue weighted by molar-refractivity contribution is 0.267. The third-order valence-corrected chi connectivity index (χ3v) is 5.97. The molecule has 0 spiro atoms. The fraction of sp³-hybridized carbons (Fsp3) is 0.632. The number of nitrogens with one attached hydrogen (secondary N) is 1. The van der Waals surface area contributed by atoms with Crippen LogP contribution in [0.2, 0.25) is 0 Å². The Morgan fingerprint density at radius 2 is 2.23 bits per heavy atom. The molecule has 26 heavy (non-hydrogen) atoms. The molecule has 7 heteroatoms. The van der Waals surface area contributed by atoms with E-state index in [0.717, 1.165) is 31.1 Å². The van der Waals surface area contributed by atoms with Gasteiger partial charge in [0.2, 0.25) is 0 Å². The van der Waals surface area contributed by atoms with Crippen molar-refractivity contribution in [2.24, 2.45) is 16.6 Å². The molecule has 2 rings (SSSR count). The summed E-state index contributed by atoms with van der Waals surface area (Å²) in [6.45, 7) is 8.38. The minimum absolute atomic E-state index is 0. The molecule has 1 aromatic rings. The molecule has 1 aliphatic rings. The van der Waals surface area contributed by atoms with E-state index in [1.165, 1.54) is 24.3 Å². The molecule has 1 aliphatic heterocycles. The highest BCUT2D eigenvalue weighted by atomic mass is 127. The van der Waals surface area contributed by atoms with Crippen molar-refractivity contribution in [1.82, 2.24) is 10.2 Å². The Morgan fingerprint density at radius 3 is 2.96 bits per heavy atom. The lowest BCUT2D eigenvalue weighted by atomic mass is 10.2. The molecule has 2 atom stereocenters. The summed E-state index contributed by atoms with van der Waals surface area (Å²) in [6, 6.07) is 8.72. The van der Waals surface area contributed by atoms with Gasteiger partial charge in [0, 0.05) is 29.8 Å². The molecule has 1 aromatic carbocycles. The van der Waals surface area contributed by atoms with Crippen molar-refractivity contribution >= 4 is 41.7 Å². The third kappa shape index (κ3) is 7.52. The van der Waals surface area contributed by atoms with Crippen LogP contribution in [0.15, 0.2) is 34.2 Å². The van der Waals surface area contributed by atoms with Crippen LogP contribution in [0.3, 0.4) is 0 Å². The number of rotatable bonds is 9. The predicted octanol–water partition coefficient (Wildman–Crippen LogP) is 3.43. The van der Waals surface area contributed by atoms with Gasteiger partial charge < -0.3 is 15.8 Å². The maximum absolute atomic E-state index is 6.03. The Bertz CT molecular complexity index is 558. The molecule has 0 bridgehead atoms. The van der Waals surface area contributed by atoms with E-state index in [2.05, 4.69) is 35.1 Å². The summed E-state index contributed by atoms with van der Waals surface area (Å²) < 4.78 is 5.39. The fourth-order valence-electron chi connectivity index (χ4n) is 3.10. The molecule has 0 aromatic heterocycles. The first-order valence-electron chi connectivity index (χ1n) is 9.17. The monoisotopic (exact) mass is 492 g/mol. The van der Waals surface area contributed by atoms with Crippen LogP contribution in [0.5, 0.6) is 5.75 Å². The number of ether oxygens (including phenoxy) is 1. The minimum atomic E-state index is 0. The molecular weight excluding hydrogens is 459 g/mol. The molecule has 148 valence electrons. The quantitative estimate of drug-likeness (QED) is 0.240. The Morgan fingerprint density at radius 1 is 1.46 bits per heavy atom. The normalized spacial score (nSPS) is 19.0. The van der Waals surface area contributed by atoms with E-state index in [1.807, 2.05) is 18.2 Å². The van der Waals surface area contributed by atoms with Crippen molar-refractivity contribution in [3.63, 3.8) is 0 Å². The van der Waals surface area contributed by atoms with E-state index >= 15 is 0 Å². The SMILES string of the molecule is CCN1CCCC1CNC(N)=NCC(C)CSc1ccccc1OC.I. The number of hydrogen-bond donors (Lipinski definition) is 2. The van der Waals surface area contributed by atoms with Crippen LogP contribution in [0.25, 0.3) is 0 Å². The maximum Gasteiger partial charge on any atom is 0.188 e. The lowest BCUT2D eigenvalue weighted by Crippen LogP contribution is -2.42. The number of thioether (sulfide) groups is 1. The average Bonchev–Trinajstić information content (AvgIpc) is 3.10. The van der Waals surface area contributed by atoms with E-state index in [1.54, 1.807) is 18.9 Å².